The molecule has 7 nitrogen and oxygen atoms in total. The Morgan fingerprint density at radius 2 is 1.53 bits per heavy atom. The largest absolute Gasteiger partial charge is 0.326 e. The molecule has 0 aliphatic rings. The predicted molar refractivity (Wildman–Crippen MR) is 135 cm³/mol. The van der Waals surface area contributed by atoms with Gasteiger partial charge < -0.3 is 10.6 Å². The highest BCUT2D eigenvalue weighted by Gasteiger charge is 2.18. The number of para-hydroxylation sites is 4. The maximum atomic E-state index is 13.6. The van der Waals surface area contributed by atoms with Crippen molar-refractivity contribution in [2.24, 2.45) is 0 Å². The van der Waals surface area contributed by atoms with Crippen LogP contribution in [-0.2, 0) is 16.1 Å². The third-order valence-electron chi connectivity index (χ3n) is 5.50. The molecule has 34 heavy (non-hydrogen) atoms. The predicted octanol–water partition coefficient (Wildman–Crippen LogP) is 4.78. The van der Waals surface area contributed by atoms with E-state index in [0.29, 0.717) is 22.3 Å². The van der Waals surface area contributed by atoms with E-state index in [9.17, 15) is 14.4 Å². The summed E-state index contributed by atoms with van der Waals surface area (Å²) in [6.45, 7) is 5.35. The molecule has 1 heterocycles. The molecular formula is C27H26N4O3. The van der Waals surface area contributed by atoms with Gasteiger partial charge in [0.25, 0.3) is 5.56 Å². The normalized spacial score (nSPS) is 10.9. The minimum atomic E-state index is -0.413. The smallest absolute Gasteiger partial charge is 0.278 e. The standard InChI is InChI=1S/C27H26N4O3/c1-17(2)19-10-4-6-12-21(19)29-25(33)16-31-24-15-9-8-14-23(24)30-26(27(31)34)20-11-5-7-13-22(20)28-18(3)32/h4-15,17H,16H2,1-3H3,(H,28,32)(H,29,33). The highest BCUT2D eigenvalue weighted by Crippen LogP contribution is 2.26. The van der Waals surface area contributed by atoms with Gasteiger partial charge in [0.2, 0.25) is 11.8 Å². The third kappa shape index (κ3) is 4.73. The van der Waals surface area contributed by atoms with Crippen LogP contribution in [0.1, 0.15) is 32.3 Å². The van der Waals surface area contributed by atoms with E-state index in [1.165, 1.54) is 11.5 Å². The Labute approximate surface area is 197 Å². The van der Waals surface area contributed by atoms with E-state index in [2.05, 4.69) is 29.5 Å². The molecule has 172 valence electrons. The van der Waals surface area contributed by atoms with Gasteiger partial charge in [-0.15, -0.1) is 0 Å². The molecule has 0 radical (unpaired) electrons. The Bertz CT molecular complexity index is 1440. The Hall–Kier alpha value is -4.26. The molecule has 0 fully saturated rings. The van der Waals surface area contributed by atoms with Gasteiger partial charge in [-0.05, 0) is 35.7 Å². The van der Waals surface area contributed by atoms with Gasteiger partial charge in [-0.25, -0.2) is 4.98 Å². The minimum absolute atomic E-state index is 0.165. The van der Waals surface area contributed by atoms with E-state index in [0.717, 1.165) is 11.3 Å². The summed E-state index contributed by atoms with van der Waals surface area (Å²) in [6, 6.07) is 21.8. The van der Waals surface area contributed by atoms with Crippen LogP contribution in [0, 0.1) is 0 Å². The first-order chi connectivity index (χ1) is 16.3. The number of carbonyl (C=O) groups excluding carboxylic acids is 2. The van der Waals surface area contributed by atoms with Crippen LogP contribution in [0.15, 0.2) is 77.6 Å². The van der Waals surface area contributed by atoms with Crippen molar-refractivity contribution in [2.75, 3.05) is 10.6 Å². The van der Waals surface area contributed by atoms with Crippen molar-refractivity contribution in [2.45, 2.75) is 33.2 Å². The number of aromatic nitrogens is 2. The molecule has 1 aromatic heterocycles. The van der Waals surface area contributed by atoms with Crippen molar-refractivity contribution in [3.05, 3.63) is 88.7 Å². The number of hydrogen-bond acceptors (Lipinski definition) is 4. The van der Waals surface area contributed by atoms with E-state index in [1.807, 2.05) is 30.3 Å². The molecule has 0 aliphatic carbocycles. The molecule has 0 saturated carbocycles. The zero-order valence-corrected chi connectivity index (χ0v) is 19.3. The maximum absolute atomic E-state index is 13.6. The summed E-state index contributed by atoms with van der Waals surface area (Å²) in [5.41, 5.74) is 3.61. The number of benzene rings is 3. The Morgan fingerprint density at radius 3 is 2.26 bits per heavy atom. The molecule has 4 rings (SSSR count). The summed E-state index contributed by atoms with van der Waals surface area (Å²) in [5.74, 6) is -0.331. The Morgan fingerprint density at radius 1 is 0.882 bits per heavy atom. The fraction of sp³-hybridized carbons (Fsp3) is 0.185. The summed E-state index contributed by atoms with van der Waals surface area (Å²) in [7, 11) is 0. The summed E-state index contributed by atoms with van der Waals surface area (Å²) in [4.78, 5) is 42.9. The number of amides is 2. The van der Waals surface area contributed by atoms with Gasteiger partial charge in [0.05, 0.1) is 16.7 Å². The fourth-order valence-corrected chi connectivity index (χ4v) is 3.96. The van der Waals surface area contributed by atoms with Crippen molar-refractivity contribution in [3.63, 3.8) is 0 Å². The van der Waals surface area contributed by atoms with E-state index in [-0.39, 0.29) is 30.0 Å². The molecule has 2 N–H and O–H groups in total. The Balaban J connectivity index is 1.79. The van der Waals surface area contributed by atoms with Crippen LogP contribution >= 0.6 is 0 Å². The van der Waals surface area contributed by atoms with Crippen molar-refractivity contribution in [1.82, 2.24) is 9.55 Å². The van der Waals surface area contributed by atoms with E-state index in [4.69, 9.17) is 0 Å². The molecule has 4 aromatic rings. The van der Waals surface area contributed by atoms with Crippen LogP contribution in [-0.4, -0.2) is 21.4 Å². The van der Waals surface area contributed by atoms with Crippen LogP contribution in [0.2, 0.25) is 0 Å². The van der Waals surface area contributed by atoms with Crippen molar-refractivity contribution < 1.29 is 9.59 Å². The first-order valence-electron chi connectivity index (χ1n) is 11.1. The molecule has 0 bridgehead atoms. The monoisotopic (exact) mass is 454 g/mol. The first kappa shape index (κ1) is 22.9. The van der Waals surface area contributed by atoms with Gasteiger partial charge in [-0.3, -0.25) is 19.0 Å². The molecule has 0 unspecified atom stereocenters. The summed E-state index contributed by atoms with van der Waals surface area (Å²) >= 11 is 0. The van der Waals surface area contributed by atoms with Gasteiger partial charge in [0.1, 0.15) is 12.2 Å². The van der Waals surface area contributed by atoms with Crippen LogP contribution in [0.5, 0.6) is 0 Å². The second kappa shape index (κ2) is 9.70. The molecule has 2 amide bonds. The molecule has 3 aromatic carbocycles. The number of nitrogens with zero attached hydrogens (tertiary/aromatic N) is 2. The number of anilines is 2. The maximum Gasteiger partial charge on any atom is 0.278 e. The van der Waals surface area contributed by atoms with Crippen molar-refractivity contribution in [3.8, 4) is 11.3 Å². The zero-order valence-electron chi connectivity index (χ0n) is 19.3. The quantitative estimate of drug-likeness (QED) is 0.438. The van der Waals surface area contributed by atoms with Crippen LogP contribution < -0.4 is 16.2 Å². The lowest BCUT2D eigenvalue weighted by Gasteiger charge is -2.16. The highest BCUT2D eigenvalue weighted by atomic mass is 16.2. The summed E-state index contributed by atoms with van der Waals surface area (Å²) in [5, 5.41) is 5.70. The summed E-state index contributed by atoms with van der Waals surface area (Å²) < 4.78 is 1.43. The van der Waals surface area contributed by atoms with Crippen LogP contribution in [0.25, 0.3) is 22.3 Å². The van der Waals surface area contributed by atoms with Crippen molar-refractivity contribution >= 4 is 34.2 Å². The molecule has 0 atom stereocenters. The van der Waals surface area contributed by atoms with Gasteiger partial charge in [-0.1, -0.05) is 62.4 Å². The molecular weight excluding hydrogens is 428 g/mol. The summed E-state index contributed by atoms with van der Waals surface area (Å²) in [6.07, 6.45) is 0. The zero-order chi connectivity index (χ0) is 24.2. The van der Waals surface area contributed by atoms with E-state index in [1.54, 1.807) is 42.5 Å². The van der Waals surface area contributed by atoms with Gasteiger partial charge >= 0.3 is 0 Å². The Kier molecular flexibility index (Phi) is 6.54. The second-order valence-corrected chi connectivity index (χ2v) is 8.36. The average molecular weight is 455 g/mol. The van der Waals surface area contributed by atoms with Gasteiger partial charge in [0, 0.05) is 18.2 Å². The lowest BCUT2D eigenvalue weighted by molar-refractivity contribution is -0.117. The first-order valence-corrected chi connectivity index (χ1v) is 11.1. The third-order valence-corrected chi connectivity index (χ3v) is 5.50. The van der Waals surface area contributed by atoms with Crippen LogP contribution in [0.3, 0.4) is 0 Å². The lowest BCUT2D eigenvalue weighted by Crippen LogP contribution is -2.30. The molecule has 0 saturated heterocycles. The number of fused-ring (bicyclic) bond motifs is 1. The minimum Gasteiger partial charge on any atom is -0.326 e. The topological polar surface area (TPSA) is 93.1 Å². The number of carbonyl (C=O) groups is 2. The van der Waals surface area contributed by atoms with Gasteiger partial charge in [-0.2, -0.15) is 0 Å². The van der Waals surface area contributed by atoms with E-state index < -0.39 is 5.56 Å². The number of nitrogens with one attached hydrogen (secondary N) is 2. The second-order valence-electron chi connectivity index (χ2n) is 8.36. The van der Waals surface area contributed by atoms with Gasteiger partial charge in [0.15, 0.2) is 0 Å². The molecule has 0 spiro atoms. The highest BCUT2D eigenvalue weighted by molar-refractivity contribution is 5.95. The van der Waals surface area contributed by atoms with Crippen LogP contribution in [0.4, 0.5) is 11.4 Å². The number of rotatable bonds is 6. The van der Waals surface area contributed by atoms with E-state index >= 15 is 0 Å². The number of hydrogen-bond donors (Lipinski definition) is 2. The lowest BCUT2D eigenvalue weighted by atomic mass is 10.0. The average Bonchev–Trinajstić information content (AvgIpc) is 2.81. The fourth-order valence-electron chi connectivity index (χ4n) is 3.96. The molecule has 0 aliphatic heterocycles. The SMILES string of the molecule is CC(=O)Nc1ccccc1-c1nc2ccccc2n(CC(=O)Nc2ccccc2C(C)C)c1=O. The molecule has 7 heteroatoms. The van der Waals surface area contributed by atoms with Crippen molar-refractivity contribution in [1.29, 1.82) is 0 Å².